The highest BCUT2D eigenvalue weighted by molar-refractivity contribution is 5.89. The number of aromatic hydroxyl groups is 1. The van der Waals surface area contributed by atoms with E-state index in [0.29, 0.717) is 21.7 Å². The number of aliphatic carboxylic acids is 3. The number of allylic oxidation sites excluding steroid dienone is 1. The van der Waals surface area contributed by atoms with E-state index in [0.717, 1.165) is 0 Å². The molecular weight excluding hydrogens is 524 g/mol. The Kier molecular flexibility index (Phi) is 8.10. The minimum atomic E-state index is -1.72. The number of carbonyl (C=O) groups is 3. The Labute approximate surface area is 220 Å². The van der Waals surface area contributed by atoms with Crippen molar-refractivity contribution in [3.63, 3.8) is 0 Å². The molecule has 10 N–H and O–H groups in total. The van der Waals surface area contributed by atoms with Gasteiger partial charge < -0.3 is 55.6 Å². The van der Waals surface area contributed by atoms with Crippen molar-refractivity contribution in [2.45, 2.75) is 55.6 Å². The molecule has 1 fully saturated rings. The predicted octanol–water partition coefficient (Wildman–Crippen LogP) is -3.56. The fourth-order valence-electron chi connectivity index (χ4n) is 4.90. The van der Waals surface area contributed by atoms with Gasteiger partial charge in [-0.05, 0) is 23.8 Å². The minimum absolute atomic E-state index is 0.0179. The molecule has 1 unspecified atom stereocenters. The van der Waals surface area contributed by atoms with E-state index in [1.165, 1.54) is 18.2 Å². The molecule has 1 aromatic carbocycles. The molecule has 3 heterocycles. The lowest BCUT2D eigenvalue weighted by Gasteiger charge is -2.39. The molecule has 0 saturated carbocycles. The van der Waals surface area contributed by atoms with Gasteiger partial charge in [-0.2, -0.15) is 0 Å². The maximum absolute atomic E-state index is 12.0. The number of rotatable bonds is 8. The third-order valence-electron chi connectivity index (χ3n) is 6.98. The first-order valence-electron chi connectivity index (χ1n) is 12.0. The Balaban J connectivity index is 1.59. The summed E-state index contributed by atoms with van der Waals surface area (Å²) in [6.07, 6.45) is -5.00. The average molecular weight is 553 g/mol. The number of phenols is 1. The van der Waals surface area contributed by atoms with Gasteiger partial charge in [0, 0.05) is 24.5 Å². The van der Waals surface area contributed by atoms with Crippen LogP contribution in [0.15, 0.2) is 35.6 Å². The summed E-state index contributed by atoms with van der Waals surface area (Å²) in [5.74, 6) is -4.37. The summed E-state index contributed by atoms with van der Waals surface area (Å²) in [7, 11) is 0. The number of hydrogen-bond donors (Lipinski definition) is 10. The molecule has 1 aromatic rings. The number of ether oxygens (including phenoxy) is 2. The molecule has 8 atom stereocenters. The largest absolute Gasteiger partial charge is 0.504 e. The van der Waals surface area contributed by atoms with Crippen molar-refractivity contribution in [1.29, 1.82) is 0 Å². The number of nitrogens with one attached hydrogen (secondary N) is 2. The van der Waals surface area contributed by atoms with Crippen molar-refractivity contribution < 1.29 is 69.6 Å². The third kappa shape index (κ3) is 5.68. The molecule has 0 radical (unpaired) electrons. The quantitative estimate of drug-likeness (QED) is 0.150. The van der Waals surface area contributed by atoms with Crippen LogP contribution < -0.4 is 15.0 Å². The zero-order valence-electron chi connectivity index (χ0n) is 20.3. The van der Waals surface area contributed by atoms with E-state index in [-0.39, 0.29) is 30.8 Å². The Morgan fingerprint density at radius 3 is 2.38 bits per heavy atom. The van der Waals surface area contributed by atoms with Crippen molar-refractivity contribution in [2.24, 2.45) is 0 Å². The number of carboxylic acid groups (broad SMARTS) is 3. The van der Waals surface area contributed by atoms with Gasteiger partial charge in [-0.3, -0.25) is 4.90 Å². The van der Waals surface area contributed by atoms with E-state index in [1.54, 1.807) is 6.08 Å². The van der Waals surface area contributed by atoms with Crippen molar-refractivity contribution in [3.8, 4) is 11.5 Å². The number of fused-ring (bicyclic) bond motifs is 1. The first-order valence-corrected chi connectivity index (χ1v) is 12.0. The summed E-state index contributed by atoms with van der Waals surface area (Å²) in [6, 6.07) is 0.454. The maximum atomic E-state index is 12.0. The smallest absolute Gasteiger partial charge is 0.363 e. The number of aliphatic hydroxyl groups excluding tert-OH is 4. The van der Waals surface area contributed by atoms with Crippen LogP contribution in [-0.4, -0.2) is 115 Å². The lowest BCUT2D eigenvalue weighted by Crippen LogP contribution is -3.11. The normalized spacial score (nSPS) is 33.1. The first kappa shape index (κ1) is 28.3. The third-order valence-corrected chi connectivity index (χ3v) is 6.98. The fourth-order valence-corrected chi connectivity index (χ4v) is 4.90. The predicted molar refractivity (Wildman–Crippen MR) is 126 cm³/mol. The van der Waals surface area contributed by atoms with Gasteiger partial charge in [-0.25, -0.2) is 14.4 Å². The fraction of sp³-hybridized carbons (Fsp3) is 0.458. The molecule has 3 aliphatic heterocycles. The number of aliphatic hydroxyl groups is 4. The Hall–Kier alpha value is -3.73. The molecule has 0 bridgehead atoms. The highest BCUT2D eigenvalue weighted by atomic mass is 16.7. The van der Waals surface area contributed by atoms with Gasteiger partial charge >= 0.3 is 17.9 Å². The van der Waals surface area contributed by atoms with E-state index in [2.05, 4.69) is 5.32 Å². The van der Waals surface area contributed by atoms with Gasteiger partial charge in [0.2, 0.25) is 6.29 Å². The highest BCUT2D eigenvalue weighted by Gasteiger charge is 2.46. The van der Waals surface area contributed by atoms with E-state index < -0.39 is 73.1 Å². The van der Waals surface area contributed by atoms with Crippen LogP contribution in [0.5, 0.6) is 11.5 Å². The highest BCUT2D eigenvalue weighted by Crippen LogP contribution is 2.36. The number of phenolic OH excluding ortho intramolecular Hbond substituents is 1. The molecule has 0 aliphatic carbocycles. The number of benzene rings is 1. The molecule has 212 valence electrons. The van der Waals surface area contributed by atoms with Gasteiger partial charge in [0.15, 0.2) is 17.5 Å². The van der Waals surface area contributed by atoms with Crippen molar-refractivity contribution >= 4 is 23.6 Å². The van der Waals surface area contributed by atoms with Crippen LogP contribution in [-0.2, 0) is 25.5 Å². The summed E-state index contributed by atoms with van der Waals surface area (Å²) in [6.45, 7) is -0.650. The van der Waals surface area contributed by atoms with Crippen LogP contribution in [0.4, 0.5) is 5.69 Å². The van der Waals surface area contributed by atoms with E-state index in [9.17, 15) is 55.2 Å². The van der Waals surface area contributed by atoms with E-state index in [4.69, 9.17) is 9.47 Å². The molecule has 39 heavy (non-hydrogen) atoms. The van der Waals surface area contributed by atoms with Gasteiger partial charge in [0.1, 0.15) is 48.4 Å². The zero-order valence-corrected chi connectivity index (χ0v) is 20.3. The molecule has 15 nitrogen and oxygen atoms in total. The maximum Gasteiger partial charge on any atom is 0.363 e. The van der Waals surface area contributed by atoms with Crippen LogP contribution in [0.2, 0.25) is 0 Å². The topological polar surface area (TPSA) is 248 Å². The molecule has 0 spiro atoms. The van der Waals surface area contributed by atoms with Gasteiger partial charge in [0.25, 0.3) is 0 Å². The van der Waals surface area contributed by atoms with Crippen LogP contribution in [0.1, 0.15) is 12.0 Å². The van der Waals surface area contributed by atoms with E-state index >= 15 is 0 Å². The summed E-state index contributed by atoms with van der Waals surface area (Å²) in [5.41, 5.74) is 0.960. The lowest BCUT2D eigenvalue weighted by molar-refractivity contribution is -0.838. The van der Waals surface area contributed by atoms with Gasteiger partial charge in [0.05, 0.1) is 6.61 Å². The molecule has 0 aromatic heterocycles. The SMILES string of the molecule is O=C(O)C1=C/C(=C/C[NH+]2c3cc(O)c(O[C@@H]4O[C@H](CO)[C@@H](O)[C@H](O)[C@H]4O)cc3C[C@H]2C(=O)O)C[C@@H](C(=O)O)N1. The molecule has 0 amide bonds. The van der Waals surface area contributed by atoms with Crippen molar-refractivity contribution in [2.75, 3.05) is 13.2 Å². The molecule has 3 aliphatic rings. The van der Waals surface area contributed by atoms with Crippen LogP contribution in [0, 0.1) is 0 Å². The number of quaternary nitrogens is 1. The second-order valence-corrected chi connectivity index (χ2v) is 9.50. The Bertz CT molecular complexity index is 1210. The molecular formula is C24H29N2O13+. The van der Waals surface area contributed by atoms with Gasteiger partial charge in [-0.15, -0.1) is 0 Å². The summed E-state index contributed by atoms with van der Waals surface area (Å²) < 4.78 is 10.8. The van der Waals surface area contributed by atoms with Crippen LogP contribution >= 0.6 is 0 Å². The summed E-state index contributed by atoms with van der Waals surface area (Å²) >= 11 is 0. The van der Waals surface area contributed by atoms with E-state index in [1.807, 2.05) is 0 Å². The molecule has 4 rings (SSSR count). The monoisotopic (exact) mass is 553 g/mol. The second kappa shape index (κ2) is 11.2. The zero-order chi connectivity index (χ0) is 28.6. The van der Waals surface area contributed by atoms with Crippen molar-refractivity contribution in [1.82, 2.24) is 5.32 Å². The summed E-state index contributed by atoms with van der Waals surface area (Å²) in [5, 5.41) is 81.0. The summed E-state index contributed by atoms with van der Waals surface area (Å²) in [4.78, 5) is 35.3. The number of carboxylic acids is 3. The number of hydrogen-bond acceptors (Lipinski definition) is 11. The first-order chi connectivity index (χ1) is 18.4. The lowest BCUT2D eigenvalue weighted by atomic mass is 9.99. The van der Waals surface area contributed by atoms with Gasteiger partial charge in [-0.1, -0.05) is 0 Å². The molecule has 15 heteroatoms. The van der Waals surface area contributed by atoms with Crippen molar-refractivity contribution in [3.05, 3.63) is 41.1 Å². The minimum Gasteiger partial charge on any atom is -0.504 e. The van der Waals surface area contributed by atoms with Crippen LogP contribution in [0.3, 0.4) is 0 Å². The molecule has 1 saturated heterocycles. The standard InChI is InChI=1S/C24H28N2O13/c27-8-17-18(29)19(30)20(31)24(39-17)38-16-6-10-5-14(23(36)37)26(13(10)7-15(16)28)2-1-9-3-11(21(32)33)25-12(4-9)22(34)35/h1,3,6-7,12,14,17-20,24-25,27-31H,2,4-5,8H2,(H,32,33)(H,34,35)(H,36,37)/p+1/b9-1-/t12-,14-,17+,18+,19-,20+,24+/m0/s1. The Morgan fingerprint density at radius 2 is 1.77 bits per heavy atom. The Morgan fingerprint density at radius 1 is 1.05 bits per heavy atom. The average Bonchev–Trinajstić information content (AvgIpc) is 3.24. The second-order valence-electron chi connectivity index (χ2n) is 9.50. The van der Waals surface area contributed by atoms with Crippen LogP contribution in [0.25, 0.3) is 0 Å².